The zero-order valence-corrected chi connectivity index (χ0v) is 14.7. The van der Waals surface area contributed by atoms with E-state index in [1.807, 2.05) is 0 Å². The molecule has 0 spiro atoms. The average Bonchev–Trinajstić information content (AvgIpc) is 2.75. The van der Waals surface area contributed by atoms with Gasteiger partial charge in [-0.2, -0.15) is 0 Å². The summed E-state index contributed by atoms with van der Waals surface area (Å²) < 4.78 is 13.7. The van der Waals surface area contributed by atoms with Gasteiger partial charge in [0.25, 0.3) is 5.69 Å². The van der Waals surface area contributed by atoms with E-state index in [4.69, 9.17) is 0 Å². The minimum Gasteiger partial charge on any atom is -0.373 e. The summed E-state index contributed by atoms with van der Waals surface area (Å²) in [5.41, 5.74) is 2.78. The number of fused-ring (bicyclic) bond motifs is 1. The molecule has 1 aliphatic rings. The molecule has 0 aromatic heterocycles. The summed E-state index contributed by atoms with van der Waals surface area (Å²) in [7, 11) is 0. The molecule has 0 saturated heterocycles. The first-order valence-electron chi connectivity index (χ1n) is 8.40. The van der Waals surface area contributed by atoms with Crippen molar-refractivity contribution in [2.45, 2.75) is 32.9 Å². The molecular formula is C19H20FN3O3. The lowest BCUT2D eigenvalue weighted by molar-refractivity contribution is -0.384. The van der Waals surface area contributed by atoms with Gasteiger partial charge in [-0.3, -0.25) is 14.9 Å². The van der Waals surface area contributed by atoms with Gasteiger partial charge >= 0.3 is 0 Å². The molecule has 0 aliphatic carbocycles. The van der Waals surface area contributed by atoms with Crippen molar-refractivity contribution < 1.29 is 14.1 Å². The predicted molar refractivity (Wildman–Crippen MR) is 96.3 cm³/mol. The van der Waals surface area contributed by atoms with E-state index in [9.17, 15) is 19.3 Å². The van der Waals surface area contributed by atoms with Gasteiger partial charge in [0.15, 0.2) is 0 Å². The lowest BCUT2D eigenvalue weighted by Gasteiger charge is -2.20. The van der Waals surface area contributed by atoms with Crippen LogP contribution in [0.5, 0.6) is 0 Å². The van der Waals surface area contributed by atoms with E-state index in [1.54, 1.807) is 30.0 Å². The summed E-state index contributed by atoms with van der Waals surface area (Å²) in [6.07, 6.45) is 0.573. The van der Waals surface area contributed by atoms with Gasteiger partial charge in [-0.1, -0.05) is 12.1 Å². The molecule has 2 aromatic rings. The highest BCUT2D eigenvalue weighted by molar-refractivity contribution is 5.73. The molecule has 1 unspecified atom stereocenters. The Morgan fingerprint density at radius 1 is 1.31 bits per heavy atom. The van der Waals surface area contributed by atoms with Crippen molar-refractivity contribution in [1.82, 2.24) is 4.90 Å². The van der Waals surface area contributed by atoms with Crippen molar-refractivity contribution in [3.63, 3.8) is 0 Å². The summed E-state index contributed by atoms with van der Waals surface area (Å²) in [6.45, 7) is 4.10. The third kappa shape index (κ3) is 3.66. The minimum atomic E-state index is -0.417. The van der Waals surface area contributed by atoms with Crippen LogP contribution in [0.15, 0.2) is 36.4 Å². The maximum absolute atomic E-state index is 13.7. The molecule has 136 valence electrons. The number of hydrogen-bond acceptors (Lipinski definition) is 4. The fourth-order valence-electron chi connectivity index (χ4n) is 3.30. The normalized spacial score (nSPS) is 16.6. The molecule has 26 heavy (non-hydrogen) atoms. The first kappa shape index (κ1) is 17.8. The Balaban J connectivity index is 1.99. The molecule has 3 rings (SSSR count). The van der Waals surface area contributed by atoms with Gasteiger partial charge in [0.2, 0.25) is 5.91 Å². The first-order valence-corrected chi connectivity index (χ1v) is 8.40. The summed E-state index contributed by atoms with van der Waals surface area (Å²) >= 11 is 0. The summed E-state index contributed by atoms with van der Waals surface area (Å²) in [4.78, 5) is 24.4. The molecule has 2 aromatic carbocycles. The third-order valence-electron chi connectivity index (χ3n) is 4.65. The Bertz CT molecular complexity index is 869. The van der Waals surface area contributed by atoms with Crippen LogP contribution in [0.1, 0.15) is 36.1 Å². The maximum atomic E-state index is 13.7. The Morgan fingerprint density at radius 2 is 2.08 bits per heavy atom. The number of aryl methyl sites for hydroxylation is 1. The lowest BCUT2D eigenvalue weighted by Crippen LogP contribution is -2.28. The standard InChI is InChI=1S/C19H20FN3O3/c1-12-3-6-18(19(9-12)23(25)26)21-17-7-8-22(13(2)24)11-14-10-15(20)4-5-16(14)17/h3-6,9-10,17,21H,7-8,11H2,1-2H3. The topological polar surface area (TPSA) is 75.5 Å². The molecule has 0 saturated carbocycles. The van der Waals surface area contributed by atoms with Gasteiger partial charge in [-0.05, 0) is 48.2 Å². The van der Waals surface area contributed by atoms with Crippen LogP contribution in [0.3, 0.4) is 0 Å². The van der Waals surface area contributed by atoms with Gasteiger partial charge in [0, 0.05) is 26.1 Å². The van der Waals surface area contributed by atoms with Gasteiger partial charge in [0.1, 0.15) is 11.5 Å². The molecule has 7 heteroatoms. The van der Waals surface area contributed by atoms with Crippen molar-refractivity contribution in [3.05, 3.63) is 69.0 Å². The number of nitro groups is 1. The van der Waals surface area contributed by atoms with Crippen LogP contribution in [-0.2, 0) is 11.3 Å². The van der Waals surface area contributed by atoms with E-state index >= 15 is 0 Å². The largest absolute Gasteiger partial charge is 0.373 e. The molecule has 1 N–H and O–H groups in total. The van der Waals surface area contributed by atoms with E-state index in [0.29, 0.717) is 30.8 Å². The highest BCUT2D eigenvalue weighted by Crippen LogP contribution is 2.34. The highest BCUT2D eigenvalue weighted by Gasteiger charge is 2.26. The average molecular weight is 357 g/mol. The van der Waals surface area contributed by atoms with Crippen molar-refractivity contribution in [3.8, 4) is 0 Å². The number of amides is 1. The Morgan fingerprint density at radius 3 is 2.77 bits per heavy atom. The number of hydrogen-bond donors (Lipinski definition) is 1. The van der Waals surface area contributed by atoms with Gasteiger partial charge < -0.3 is 10.2 Å². The SMILES string of the molecule is CC(=O)N1CCC(Nc2ccc(C)cc2[N+](=O)[O-])c2ccc(F)cc2C1. The number of carbonyl (C=O) groups excluding carboxylic acids is 1. The van der Waals surface area contributed by atoms with E-state index < -0.39 is 4.92 Å². The minimum absolute atomic E-state index is 0.00123. The number of anilines is 1. The van der Waals surface area contributed by atoms with Crippen molar-refractivity contribution in [1.29, 1.82) is 0 Å². The number of carbonyl (C=O) groups is 1. The number of nitrogens with zero attached hydrogens (tertiary/aromatic N) is 2. The molecular weight excluding hydrogens is 337 g/mol. The van der Waals surface area contributed by atoms with Crippen LogP contribution in [-0.4, -0.2) is 22.3 Å². The van der Waals surface area contributed by atoms with E-state index in [-0.39, 0.29) is 23.5 Å². The number of nitrogens with one attached hydrogen (secondary N) is 1. The summed E-state index contributed by atoms with van der Waals surface area (Å²) in [5, 5.41) is 14.6. The number of halogens is 1. The first-order chi connectivity index (χ1) is 12.3. The van der Waals surface area contributed by atoms with Gasteiger partial charge in [-0.15, -0.1) is 0 Å². The van der Waals surface area contributed by atoms with Gasteiger partial charge in [-0.25, -0.2) is 4.39 Å². The Labute approximate surface area is 150 Å². The Hall–Kier alpha value is -2.96. The van der Waals surface area contributed by atoms with E-state index in [2.05, 4.69) is 5.32 Å². The maximum Gasteiger partial charge on any atom is 0.292 e. The molecule has 6 nitrogen and oxygen atoms in total. The predicted octanol–water partition coefficient (Wildman–Crippen LogP) is 3.95. The molecule has 0 fully saturated rings. The second-order valence-corrected chi connectivity index (χ2v) is 6.55. The second kappa shape index (κ2) is 7.11. The lowest BCUT2D eigenvalue weighted by atomic mass is 9.98. The van der Waals surface area contributed by atoms with Crippen molar-refractivity contribution in [2.24, 2.45) is 0 Å². The fourth-order valence-corrected chi connectivity index (χ4v) is 3.30. The quantitative estimate of drug-likeness (QED) is 0.667. The number of rotatable bonds is 3. The van der Waals surface area contributed by atoms with Crippen molar-refractivity contribution >= 4 is 17.3 Å². The van der Waals surface area contributed by atoms with Crippen LogP contribution < -0.4 is 5.32 Å². The van der Waals surface area contributed by atoms with Crippen LogP contribution in [0.25, 0.3) is 0 Å². The zero-order valence-electron chi connectivity index (χ0n) is 14.7. The highest BCUT2D eigenvalue weighted by atomic mass is 19.1. The van der Waals surface area contributed by atoms with Crippen LogP contribution in [0.2, 0.25) is 0 Å². The smallest absolute Gasteiger partial charge is 0.292 e. The summed E-state index contributed by atoms with van der Waals surface area (Å²) in [6, 6.07) is 9.24. The molecule has 1 amide bonds. The zero-order chi connectivity index (χ0) is 18.8. The fraction of sp³-hybridized carbons (Fsp3) is 0.316. The van der Waals surface area contributed by atoms with Crippen LogP contribution >= 0.6 is 0 Å². The van der Waals surface area contributed by atoms with Crippen LogP contribution in [0, 0.1) is 22.9 Å². The number of benzene rings is 2. The molecule has 0 radical (unpaired) electrons. The molecule has 1 atom stereocenters. The third-order valence-corrected chi connectivity index (χ3v) is 4.65. The molecule has 1 heterocycles. The monoisotopic (exact) mass is 357 g/mol. The molecule has 1 aliphatic heterocycles. The van der Waals surface area contributed by atoms with Gasteiger partial charge in [0.05, 0.1) is 11.0 Å². The van der Waals surface area contributed by atoms with Crippen LogP contribution in [0.4, 0.5) is 15.8 Å². The van der Waals surface area contributed by atoms with E-state index in [1.165, 1.54) is 25.1 Å². The number of nitro benzene ring substituents is 1. The second-order valence-electron chi connectivity index (χ2n) is 6.55. The van der Waals surface area contributed by atoms with Crippen molar-refractivity contribution in [2.75, 3.05) is 11.9 Å². The Kier molecular flexibility index (Phi) is 4.88. The summed E-state index contributed by atoms with van der Waals surface area (Å²) in [5.74, 6) is -0.448. The molecule has 0 bridgehead atoms. The van der Waals surface area contributed by atoms with E-state index in [0.717, 1.165) is 11.1 Å².